The summed E-state index contributed by atoms with van der Waals surface area (Å²) in [5, 5.41) is 6.92. The standard InChI is InChI=1S/C55H66Cl2N8O8/c1-35-53(68)60-46(33-71-7)55(70)62(4)43(26-37-13-18-41(56)19-14-37)29-51(66)59-45-34-72-24-23-47(45)64(6)54(69)40(25-36-11-9-8-10-12-36)27-52(67)65(35)31-39-15-20-42(57)28-49(39)73-44-21-16-38(17-22-44)48-30-58-50(63(48)5)32-61(2)3/h8-22,28,30,35,40,43,45-47H,23-27,29,31-34H2,1-7H3,(H,59,66)(H,60,68)/t35-,40-,43+,45+,46+,47+/m1/s1. The number of amides is 5. The summed E-state index contributed by atoms with van der Waals surface area (Å²) >= 11 is 12.8. The predicted molar refractivity (Wildman–Crippen MR) is 280 cm³/mol. The highest BCUT2D eigenvalue weighted by Gasteiger charge is 2.39. The van der Waals surface area contributed by atoms with Gasteiger partial charge in [0.15, 0.2) is 0 Å². The van der Waals surface area contributed by atoms with Gasteiger partial charge >= 0.3 is 0 Å². The number of hydrogen-bond acceptors (Lipinski definition) is 10. The number of carbonyl (C=O) groups is 5. The number of ether oxygens (including phenoxy) is 3. The molecule has 2 aliphatic rings. The molecule has 0 radical (unpaired) electrons. The van der Waals surface area contributed by atoms with E-state index in [2.05, 4.69) is 20.5 Å². The quantitative estimate of drug-likeness (QED) is 0.132. The third-order valence-corrected chi connectivity index (χ3v) is 14.2. The third kappa shape index (κ3) is 14.1. The number of imidazole rings is 1. The van der Waals surface area contributed by atoms with Crippen LogP contribution in [0, 0.1) is 5.92 Å². The van der Waals surface area contributed by atoms with Crippen LogP contribution >= 0.6 is 23.2 Å². The minimum atomic E-state index is -1.21. The Morgan fingerprint density at radius 2 is 1.51 bits per heavy atom. The van der Waals surface area contributed by atoms with Gasteiger partial charge in [0.25, 0.3) is 0 Å². The van der Waals surface area contributed by atoms with Crippen LogP contribution in [0.3, 0.4) is 0 Å². The summed E-state index contributed by atoms with van der Waals surface area (Å²) in [6.45, 7) is 2.43. The average Bonchev–Trinajstić information content (AvgIpc) is 3.73. The Balaban J connectivity index is 1.25. The molecule has 3 heterocycles. The number of methoxy groups -OCH3 is 1. The van der Waals surface area contributed by atoms with Crippen LogP contribution in [-0.2, 0) is 66.4 Å². The Kier molecular flexibility index (Phi) is 18.7. The Hall–Kier alpha value is -6.30. The Morgan fingerprint density at radius 1 is 0.808 bits per heavy atom. The van der Waals surface area contributed by atoms with Crippen molar-refractivity contribution >= 4 is 52.7 Å². The van der Waals surface area contributed by atoms with Crippen LogP contribution in [0.4, 0.5) is 0 Å². The molecule has 2 aliphatic heterocycles. The van der Waals surface area contributed by atoms with Gasteiger partial charge in [0.05, 0.1) is 56.2 Å². The van der Waals surface area contributed by atoms with E-state index < -0.39 is 53.8 Å². The number of nitrogens with zero attached hydrogens (tertiary/aromatic N) is 6. The molecule has 18 heteroatoms. The summed E-state index contributed by atoms with van der Waals surface area (Å²) in [6, 6.07) is 25.1. The zero-order chi connectivity index (χ0) is 52.3. The molecule has 5 aromatic rings. The lowest BCUT2D eigenvalue weighted by molar-refractivity contribution is -0.148. The normalized spacial score (nSPS) is 21.9. The van der Waals surface area contributed by atoms with Crippen molar-refractivity contribution in [1.82, 2.24) is 39.8 Å². The van der Waals surface area contributed by atoms with E-state index in [0.29, 0.717) is 46.7 Å². The lowest BCUT2D eigenvalue weighted by atomic mass is 9.91. The fourth-order valence-electron chi connectivity index (χ4n) is 9.52. The summed E-state index contributed by atoms with van der Waals surface area (Å²) in [7, 11) is 10.7. The Labute approximate surface area is 437 Å². The molecule has 1 aromatic heterocycles. The molecule has 4 aromatic carbocycles. The second kappa shape index (κ2) is 25.1. The van der Waals surface area contributed by atoms with Crippen LogP contribution in [0.5, 0.6) is 11.5 Å². The van der Waals surface area contributed by atoms with E-state index in [1.54, 1.807) is 56.3 Å². The fraction of sp³-hybridized carbons (Fsp3) is 0.418. The first-order chi connectivity index (χ1) is 35.0. The molecular formula is C55H66Cl2N8O8. The molecule has 2 fully saturated rings. The molecule has 0 unspecified atom stereocenters. The van der Waals surface area contributed by atoms with Gasteiger partial charge in [0.2, 0.25) is 29.5 Å². The highest BCUT2D eigenvalue weighted by molar-refractivity contribution is 6.31. The fourth-order valence-corrected chi connectivity index (χ4v) is 9.81. The second-order valence-corrected chi connectivity index (χ2v) is 20.1. The van der Waals surface area contributed by atoms with Gasteiger partial charge < -0.3 is 49.0 Å². The summed E-state index contributed by atoms with van der Waals surface area (Å²) in [6.07, 6.45) is 2.38. The molecule has 5 amide bonds. The molecule has 7 rings (SSSR count). The number of halogens is 2. The number of fused-ring (bicyclic) bond motifs is 1. The highest BCUT2D eigenvalue weighted by Crippen LogP contribution is 2.33. The molecule has 16 nitrogen and oxygen atoms in total. The van der Waals surface area contributed by atoms with Crippen molar-refractivity contribution in [1.29, 1.82) is 0 Å². The van der Waals surface area contributed by atoms with Crippen molar-refractivity contribution in [2.24, 2.45) is 13.0 Å². The smallest absolute Gasteiger partial charge is 0.247 e. The number of likely N-dealkylation sites (N-methyl/N-ethyl adjacent to an activating group) is 2. The summed E-state index contributed by atoms with van der Waals surface area (Å²) in [5.74, 6) is -1.41. The van der Waals surface area contributed by atoms with Crippen LogP contribution < -0.4 is 15.4 Å². The van der Waals surface area contributed by atoms with E-state index >= 15 is 4.79 Å². The van der Waals surface area contributed by atoms with E-state index in [0.717, 1.165) is 28.2 Å². The van der Waals surface area contributed by atoms with Gasteiger partial charge in [0, 0.05) is 74.9 Å². The zero-order valence-electron chi connectivity index (χ0n) is 42.6. The van der Waals surface area contributed by atoms with Crippen LogP contribution in [0.1, 0.15) is 48.7 Å². The maximum absolute atomic E-state index is 15.2. The zero-order valence-corrected chi connectivity index (χ0v) is 44.1. The van der Waals surface area contributed by atoms with Crippen molar-refractivity contribution in [2.45, 2.75) is 82.3 Å². The van der Waals surface area contributed by atoms with Crippen LogP contribution in [0.15, 0.2) is 103 Å². The largest absolute Gasteiger partial charge is 0.457 e. The molecule has 6 atom stereocenters. The summed E-state index contributed by atoms with van der Waals surface area (Å²) in [5.41, 5.74) is 4.07. The van der Waals surface area contributed by atoms with Gasteiger partial charge in [-0.1, -0.05) is 71.7 Å². The number of rotatable bonds is 13. The van der Waals surface area contributed by atoms with Gasteiger partial charge in [-0.2, -0.15) is 0 Å². The molecule has 2 N–H and O–H groups in total. The maximum atomic E-state index is 15.2. The van der Waals surface area contributed by atoms with E-state index in [9.17, 15) is 19.2 Å². The monoisotopic (exact) mass is 1040 g/mol. The maximum Gasteiger partial charge on any atom is 0.247 e. The second-order valence-electron chi connectivity index (χ2n) is 19.2. The number of hydrogen-bond donors (Lipinski definition) is 2. The minimum absolute atomic E-state index is 0.105. The lowest BCUT2D eigenvalue weighted by Crippen LogP contribution is -2.60. The van der Waals surface area contributed by atoms with E-state index in [-0.39, 0.29) is 57.3 Å². The van der Waals surface area contributed by atoms with Crippen LogP contribution in [0.2, 0.25) is 10.0 Å². The first-order valence-electron chi connectivity index (χ1n) is 24.5. The molecule has 388 valence electrons. The molecule has 2 saturated heterocycles. The first kappa shape index (κ1) is 54.5. The van der Waals surface area contributed by atoms with Crippen LogP contribution in [-0.4, -0.2) is 144 Å². The highest BCUT2D eigenvalue weighted by atomic mass is 35.5. The number of aromatic nitrogens is 2. The first-order valence-corrected chi connectivity index (χ1v) is 25.2. The number of carbonyl (C=O) groups excluding carboxylic acids is 5. The number of benzene rings is 4. The van der Waals surface area contributed by atoms with E-state index in [1.807, 2.05) is 98.6 Å². The van der Waals surface area contributed by atoms with E-state index in [4.69, 9.17) is 37.4 Å². The SMILES string of the molecule is COC[C@@H]1NC(=O)[C@@H](C)N(Cc2ccc(Cl)cc2Oc2ccc(-c3cnc(CN(C)C)n3C)cc2)C(=O)C[C@@H](Cc2ccccc2)C(=O)N(C)[C@H]2CCOC[C@@H]2NC(=O)C[C@H](Cc2ccc(Cl)cc2)N(C)C1=O. The van der Waals surface area contributed by atoms with Crippen LogP contribution in [0.25, 0.3) is 11.3 Å². The Bertz CT molecular complexity index is 2700. The van der Waals surface area contributed by atoms with Gasteiger partial charge in [-0.15, -0.1) is 0 Å². The molecule has 0 saturated carbocycles. The lowest BCUT2D eigenvalue weighted by Gasteiger charge is -2.40. The topological polar surface area (TPSA) is 168 Å². The van der Waals surface area contributed by atoms with Crippen molar-refractivity contribution in [3.8, 4) is 22.8 Å². The third-order valence-electron chi connectivity index (χ3n) is 13.7. The van der Waals surface area contributed by atoms with Gasteiger partial charge in [-0.3, -0.25) is 24.0 Å². The molecule has 0 spiro atoms. The average molecular weight is 1040 g/mol. The van der Waals surface area contributed by atoms with Crippen molar-refractivity contribution in [3.63, 3.8) is 0 Å². The van der Waals surface area contributed by atoms with Gasteiger partial charge in [0.1, 0.15) is 29.4 Å². The molecule has 73 heavy (non-hydrogen) atoms. The van der Waals surface area contributed by atoms with Gasteiger partial charge in [-0.05, 0) is 99.9 Å². The van der Waals surface area contributed by atoms with Crippen molar-refractivity contribution in [2.75, 3.05) is 55.1 Å². The molecule has 0 aliphatic carbocycles. The van der Waals surface area contributed by atoms with Crippen molar-refractivity contribution < 1.29 is 38.2 Å². The van der Waals surface area contributed by atoms with Crippen molar-refractivity contribution in [3.05, 3.63) is 136 Å². The number of nitrogens with one attached hydrogen (secondary N) is 2. The van der Waals surface area contributed by atoms with Gasteiger partial charge in [-0.25, -0.2) is 4.98 Å². The summed E-state index contributed by atoms with van der Waals surface area (Å²) < 4.78 is 20.0. The Morgan fingerprint density at radius 3 is 2.21 bits per heavy atom. The minimum Gasteiger partial charge on any atom is -0.457 e. The molecular weight excluding hydrogens is 972 g/mol. The predicted octanol–water partition coefficient (Wildman–Crippen LogP) is 6.55. The van der Waals surface area contributed by atoms with E-state index in [1.165, 1.54) is 16.9 Å². The summed E-state index contributed by atoms with van der Waals surface area (Å²) in [4.78, 5) is 84.8. The molecule has 0 bridgehead atoms.